The molecule has 0 bridgehead atoms. The summed E-state index contributed by atoms with van der Waals surface area (Å²) in [5, 5.41) is 11.3. The number of amides is 2. The van der Waals surface area contributed by atoms with E-state index in [1.54, 1.807) is 7.11 Å². The molecule has 6 heteroatoms. The van der Waals surface area contributed by atoms with Crippen molar-refractivity contribution in [2.75, 3.05) is 20.7 Å². The second kappa shape index (κ2) is 5.69. The van der Waals surface area contributed by atoms with Crippen molar-refractivity contribution in [3.05, 3.63) is 0 Å². The van der Waals surface area contributed by atoms with Crippen molar-refractivity contribution in [3.63, 3.8) is 0 Å². The van der Waals surface area contributed by atoms with Gasteiger partial charge >= 0.3 is 12.0 Å². The maximum atomic E-state index is 11.5. The number of methoxy groups -OCH3 is 1. The summed E-state index contributed by atoms with van der Waals surface area (Å²) in [7, 11) is 3.12. The van der Waals surface area contributed by atoms with Gasteiger partial charge < -0.3 is 20.1 Å². The highest BCUT2D eigenvalue weighted by Crippen LogP contribution is 2.21. The summed E-state index contributed by atoms with van der Waals surface area (Å²) in [6.07, 6.45) is 2.81. The van der Waals surface area contributed by atoms with E-state index in [1.165, 1.54) is 7.05 Å². The molecule has 1 aliphatic carbocycles. The predicted octanol–water partition coefficient (Wildman–Crippen LogP) is 0.280. The minimum atomic E-state index is -1.01. The lowest BCUT2D eigenvalue weighted by Crippen LogP contribution is -2.44. The Balaban J connectivity index is 2.31. The van der Waals surface area contributed by atoms with Gasteiger partial charge in [0.1, 0.15) is 6.54 Å². The summed E-state index contributed by atoms with van der Waals surface area (Å²) in [5.41, 5.74) is 0. The summed E-state index contributed by atoms with van der Waals surface area (Å²) in [4.78, 5) is 23.1. The lowest BCUT2D eigenvalue weighted by molar-refractivity contribution is -0.137. The van der Waals surface area contributed by atoms with E-state index < -0.39 is 5.97 Å². The first-order valence-corrected chi connectivity index (χ1v) is 5.29. The van der Waals surface area contributed by atoms with Gasteiger partial charge in [0.15, 0.2) is 0 Å². The van der Waals surface area contributed by atoms with Crippen LogP contribution >= 0.6 is 0 Å². The molecule has 2 atom stereocenters. The Hall–Kier alpha value is -1.30. The Kier molecular flexibility index (Phi) is 4.54. The number of carbonyl (C=O) groups is 2. The van der Waals surface area contributed by atoms with Gasteiger partial charge in [-0.25, -0.2) is 4.79 Å². The molecular formula is C10H18N2O4. The smallest absolute Gasteiger partial charge is 0.323 e. The molecule has 6 nitrogen and oxygen atoms in total. The van der Waals surface area contributed by atoms with Crippen LogP contribution in [0.2, 0.25) is 0 Å². The van der Waals surface area contributed by atoms with Crippen molar-refractivity contribution >= 4 is 12.0 Å². The van der Waals surface area contributed by atoms with E-state index in [9.17, 15) is 9.59 Å². The van der Waals surface area contributed by atoms with Crippen LogP contribution in [0.15, 0.2) is 0 Å². The van der Waals surface area contributed by atoms with Crippen LogP contribution in [0, 0.1) is 0 Å². The van der Waals surface area contributed by atoms with Crippen molar-refractivity contribution in [3.8, 4) is 0 Å². The number of likely N-dealkylation sites (N-methyl/N-ethyl adjacent to an activating group) is 1. The van der Waals surface area contributed by atoms with Gasteiger partial charge in [-0.3, -0.25) is 4.79 Å². The van der Waals surface area contributed by atoms with Gasteiger partial charge in [0.2, 0.25) is 0 Å². The van der Waals surface area contributed by atoms with E-state index in [2.05, 4.69) is 5.32 Å². The molecule has 92 valence electrons. The van der Waals surface area contributed by atoms with Gasteiger partial charge in [0, 0.05) is 20.2 Å². The Morgan fingerprint density at radius 1 is 1.50 bits per heavy atom. The molecule has 2 amide bonds. The minimum absolute atomic E-state index is 0.0914. The third-order valence-electron chi connectivity index (χ3n) is 2.76. The summed E-state index contributed by atoms with van der Waals surface area (Å²) in [6.45, 7) is -0.285. The van der Waals surface area contributed by atoms with Crippen molar-refractivity contribution in [2.45, 2.75) is 31.4 Å². The molecule has 0 aromatic carbocycles. The van der Waals surface area contributed by atoms with Crippen LogP contribution in [-0.2, 0) is 9.53 Å². The first kappa shape index (κ1) is 12.8. The molecule has 0 radical (unpaired) electrons. The summed E-state index contributed by atoms with van der Waals surface area (Å²) >= 11 is 0. The average Bonchev–Trinajstić information content (AvgIpc) is 2.64. The number of carbonyl (C=O) groups excluding carboxylic acids is 1. The molecule has 2 unspecified atom stereocenters. The van der Waals surface area contributed by atoms with Gasteiger partial charge in [-0.2, -0.15) is 0 Å². The molecule has 16 heavy (non-hydrogen) atoms. The highest BCUT2D eigenvalue weighted by atomic mass is 16.5. The molecule has 0 aromatic rings. The summed E-state index contributed by atoms with van der Waals surface area (Å²) in [6, 6.07) is -0.252. The standard InChI is InChI=1S/C10H18N2O4/c1-12(6-9(13)14)10(15)11-7-3-4-8(5-7)16-2/h7-8H,3-6H2,1-2H3,(H,11,15)(H,13,14). The summed E-state index contributed by atoms with van der Waals surface area (Å²) < 4.78 is 5.19. The zero-order valence-corrected chi connectivity index (χ0v) is 9.60. The van der Waals surface area contributed by atoms with Crippen molar-refractivity contribution in [2.24, 2.45) is 0 Å². The van der Waals surface area contributed by atoms with E-state index in [-0.39, 0.29) is 24.7 Å². The number of urea groups is 1. The lowest BCUT2D eigenvalue weighted by Gasteiger charge is -2.19. The Labute approximate surface area is 94.6 Å². The third-order valence-corrected chi connectivity index (χ3v) is 2.76. The first-order chi connectivity index (χ1) is 7.52. The molecule has 1 fully saturated rings. The topological polar surface area (TPSA) is 78.9 Å². The zero-order valence-electron chi connectivity index (χ0n) is 9.60. The van der Waals surface area contributed by atoms with E-state index in [0.717, 1.165) is 24.2 Å². The Morgan fingerprint density at radius 3 is 2.69 bits per heavy atom. The van der Waals surface area contributed by atoms with Gasteiger partial charge in [0.05, 0.1) is 6.10 Å². The maximum Gasteiger partial charge on any atom is 0.323 e. The van der Waals surface area contributed by atoms with Crippen molar-refractivity contribution < 1.29 is 19.4 Å². The van der Waals surface area contributed by atoms with Crippen LogP contribution in [0.3, 0.4) is 0 Å². The second-order valence-electron chi connectivity index (χ2n) is 4.07. The number of rotatable bonds is 4. The molecule has 0 saturated heterocycles. The molecule has 0 spiro atoms. The highest BCUT2D eigenvalue weighted by molar-refractivity contribution is 5.79. The fourth-order valence-corrected chi connectivity index (χ4v) is 1.84. The maximum absolute atomic E-state index is 11.5. The number of nitrogens with zero attached hydrogens (tertiary/aromatic N) is 1. The minimum Gasteiger partial charge on any atom is -0.480 e. The fraction of sp³-hybridized carbons (Fsp3) is 0.800. The third kappa shape index (κ3) is 3.69. The number of nitrogens with one attached hydrogen (secondary N) is 1. The largest absolute Gasteiger partial charge is 0.480 e. The van der Waals surface area contributed by atoms with E-state index in [0.29, 0.717) is 0 Å². The Bertz CT molecular complexity index is 270. The van der Waals surface area contributed by atoms with Crippen LogP contribution in [0.5, 0.6) is 0 Å². The van der Waals surface area contributed by atoms with E-state index >= 15 is 0 Å². The Morgan fingerprint density at radius 2 is 2.19 bits per heavy atom. The van der Waals surface area contributed by atoms with Crippen LogP contribution in [0.4, 0.5) is 4.79 Å². The van der Waals surface area contributed by atoms with Crippen LogP contribution < -0.4 is 5.32 Å². The molecule has 0 heterocycles. The van der Waals surface area contributed by atoms with E-state index in [4.69, 9.17) is 9.84 Å². The zero-order chi connectivity index (χ0) is 12.1. The van der Waals surface area contributed by atoms with Crippen LogP contribution in [0.25, 0.3) is 0 Å². The van der Waals surface area contributed by atoms with Crippen LogP contribution in [-0.4, -0.2) is 54.9 Å². The molecular weight excluding hydrogens is 212 g/mol. The van der Waals surface area contributed by atoms with Gasteiger partial charge in [-0.1, -0.05) is 0 Å². The summed E-state index contributed by atoms with van der Waals surface area (Å²) in [5.74, 6) is -1.01. The highest BCUT2D eigenvalue weighted by Gasteiger charge is 2.26. The number of aliphatic carboxylic acids is 1. The second-order valence-corrected chi connectivity index (χ2v) is 4.07. The monoisotopic (exact) mass is 230 g/mol. The van der Waals surface area contributed by atoms with Gasteiger partial charge in [0.25, 0.3) is 0 Å². The number of carboxylic acid groups (broad SMARTS) is 1. The molecule has 1 aliphatic rings. The first-order valence-electron chi connectivity index (χ1n) is 5.29. The molecule has 0 aromatic heterocycles. The fourth-order valence-electron chi connectivity index (χ4n) is 1.84. The number of hydrogen-bond donors (Lipinski definition) is 2. The molecule has 1 saturated carbocycles. The average molecular weight is 230 g/mol. The molecule has 1 rings (SSSR count). The predicted molar refractivity (Wildman–Crippen MR) is 57.2 cm³/mol. The van der Waals surface area contributed by atoms with Crippen molar-refractivity contribution in [1.82, 2.24) is 10.2 Å². The normalized spacial score (nSPS) is 24.1. The van der Waals surface area contributed by atoms with Gasteiger partial charge in [-0.05, 0) is 19.3 Å². The van der Waals surface area contributed by atoms with Crippen LogP contribution in [0.1, 0.15) is 19.3 Å². The van der Waals surface area contributed by atoms with E-state index in [1.807, 2.05) is 0 Å². The number of ether oxygens (including phenoxy) is 1. The number of carboxylic acids is 1. The van der Waals surface area contributed by atoms with Gasteiger partial charge in [-0.15, -0.1) is 0 Å². The molecule has 0 aliphatic heterocycles. The quantitative estimate of drug-likeness (QED) is 0.727. The molecule has 2 N–H and O–H groups in total. The van der Waals surface area contributed by atoms with Crippen molar-refractivity contribution in [1.29, 1.82) is 0 Å². The SMILES string of the molecule is COC1CCC(NC(=O)N(C)CC(=O)O)C1. The number of hydrogen-bond acceptors (Lipinski definition) is 3. The lowest BCUT2D eigenvalue weighted by atomic mass is 10.2.